The van der Waals surface area contributed by atoms with Crippen LogP contribution in [0, 0.1) is 15.9 Å². The molecule has 2 aromatic rings. The van der Waals surface area contributed by atoms with E-state index in [0.29, 0.717) is 0 Å². The molecule has 0 radical (unpaired) electrons. The van der Waals surface area contributed by atoms with Crippen molar-refractivity contribution >= 4 is 21.6 Å². The highest BCUT2D eigenvalue weighted by Gasteiger charge is 2.11. The normalized spacial score (nSPS) is 10.2. The molecule has 0 spiro atoms. The number of nitro benzene ring substituents is 1. The summed E-state index contributed by atoms with van der Waals surface area (Å²) in [5, 5.41) is 10.5. The molecular formula is C12H8BrFN2O3. The highest BCUT2D eigenvalue weighted by atomic mass is 79.9. The van der Waals surface area contributed by atoms with Gasteiger partial charge in [0.15, 0.2) is 11.6 Å². The fourth-order valence-corrected chi connectivity index (χ4v) is 1.83. The first-order valence-electron chi connectivity index (χ1n) is 5.22. The number of rotatable bonds is 4. The number of aromatic nitrogens is 1. The summed E-state index contributed by atoms with van der Waals surface area (Å²) < 4.78 is 19.6. The molecule has 7 heteroatoms. The van der Waals surface area contributed by atoms with Gasteiger partial charge in [0.1, 0.15) is 6.61 Å². The number of hydrogen-bond acceptors (Lipinski definition) is 4. The third-order valence-electron chi connectivity index (χ3n) is 2.28. The predicted octanol–water partition coefficient (Wildman–Crippen LogP) is 3.47. The van der Waals surface area contributed by atoms with Gasteiger partial charge >= 0.3 is 0 Å². The number of nitrogens with zero attached hydrogens (tertiary/aromatic N) is 2. The molecule has 0 N–H and O–H groups in total. The van der Waals surface area contributed by atoms with E-state index in [1.807, 2.05) is 0 Å². The van der Waals surface area contributed by atoms with Crippen LogP contribution in [0.1, 0.15) is 5.56 Å². The number of hydrogen-bond donors (Lipinski definition) is 0. The van der Waals surface area contributed by atoms with Crippen LogP contribution in [0.2, 0.25) is 0 Å². The minimum absolute atomic E-state index is 0.0365. The molecule has 0 atom stereocenters. The second kappa shape index (κ2) is 5.75. The molecule has 0 aliphatic carbocycles. The van der Waals surface area contributed by atoms with Crippen molar-refractivity contribution in [2.24, 2.45) is 0 Å². The van der Waals surface area contributed by atoms with E-state index in [2.05, 4.69) is 20.9 Å². The predicted molar refractivity (Wildman–Crippen MR) is 69.3 cm³/mol. The molecule has 0 amide bonds. The summed E-state index contributed by atoms with van der Waals surface area (Å²) in [7, 11) is 0. The lowest BCUT2D eigenvalue weighted by Crippen LogP contribution is -1.99. The SMILES string of the molecule is O=[N+]([O-])c1ccc(OCc2cncc(Br)c2)c(F)c1. The van der Waals surface area contributed by atoms with Crippen molar-refractivity contribution in [3.63, 3.8) is 0 Å². The Labute approximate surface area is 116 Å². The maximum Gasteiger partial charge on any atom is 0.272 e. The van der Waals surface area contributed by atoms with E-state index in [9.17, 15) is 14.5 Å². The maximum atomic E-state index is 13.5. The monoisotopic (exact) mass is 326 g/mol. The lowest BCUT2D eigenvalue weighted by Gasteiger charge is -2.07. The molecule has 0 aliphatic rings. The topological polar surface area (TPSA) is 65.3 Å². The van der Waals surface area contributed by atoms with Crippen LogP contribution in [0.25, 0.3) is 0 Å². The van der Waals surface area contributed by atoms with Gasteiger partial charge in [0.05, 0.1) is 11.0 Å². The first kappa shape index (κ1) is 13.4. The van der Waals surface area contributed by atoms with Gasteiger partial charge in [-0.05, 0) is 28.1 Å². The van der Waals surface area contributed by atoms with Crippen LogP contribution < -0.4 is 4.74 Å². The highest BCUT2D eigenvalue weighted by Crippen LogP contribution is 2.23. The summed E-state index contributed by atoms with van der Waals surface area (Å²) in [6, 6.07) is 5.04. The standard InChI is InChI=1S/C12H8BrFN2O3/c13-9-3-8(5-15-6-9)7-19-12-2-1-10(16(17)18)4-11(12)14/h1-6H,7H2. The average molecular weight is 327 g/mol. The van der Waals surface area contributed by atoms with Crippen molar-refractivity contribution < 1.29 is 14.1 Å². The summed E-state index contributed by atoms with van der Waals surface area (Å²) in [5.41, 5.74) is 0.445. The quantitative estimate of drug-likeness (QED) is 0.637. The number of pyridine rings is 1. The minimum Gasteiger partial charge on any atom is -0.486 e. The summed E-state index contributed by atoms with van der Waals surface area (Å²) in [6.07, 6.45) is 3.21. The molecule has 0 unspecified atom stereocenters. The van der Waals surface area contributed by atoms with E-state index < -0.39 is 10.7 Å². The molecule has 5 nitrogen and oxygen atoms in total. The largest absolute Gasteiger partial charge is 0.486 e. The Morgan fingerprint density at radius 3 is 2.79 bits per heavy atom. The van der Waals surface area contributed by atoms with Gasteiger partial charge in [-0.1, -0.05) is 0 Å². The number of non-ortho nitro benzene ring substituents is 1. The average Bonchev–Trinajstić information content (AvgIpc) is 2.37. The van der Waals surface area contributed by atoms with E-state index in [1.54, 1.807) is 18.5 Å². The van der Waals surface area contributed by atoms with Gasteiger partial charge < -0.3 is 4.74 Å². The van der Waals surface area contributed by atoms with Crippen molar-refractivity contribution in [3.8, 4) is 5.75 Å². The van der Waals surface area contributed by atoms with Gasteiger partial charge in [0.2, 0.25) is 0 Å². The molecule has 0 saturated carbocycles. The zero-order valence-corrected chi connectivity index (χ0v) is 11.1. The molecule has 0 aliphatic heterocycles. The molecule has 1 heterocycles. The van der Waals surface area contributed by atoms with Crippen LogP contribution in [-0.2, 0) is 6.61 Å². The maximum absolute atomic E-state index is 13.5. The van der Waals surface area contributed by atoms with Gasteiger partial charge in [0.25, 0.3) is 5.69 Å². The van der Waals surface area contributed by atoms with Crippen LogP contribution in [0.4, 0.5) is 10.1 Å². The molecule has 0 bridgehead atoms. The third-order valence-corrected chi connectivity index (χ3v) is 2.72. The van der Waals surface area contributed by atoms with Crippen molar-refractivity contribution in [2.75, 3.05) is 0 Å². The van der Waals surface area contributed by atoms with E-state index in [1.165, 1.54) is 12.1 Å². The number of ether oxygens (including phenoxy) is 1. The van der Waals surface area contributed by atoms with Crippen LogP contribution in [-0.4, -0.2) is 9.91 Å². The van der Waals surface area contributed by atoms with Crippen LogP contribution >= 0.6 is 15.9 Å². The Kier molecular flexibility index (Phi) is 4.06. The lowest BCUT2D eigenvalue weighted by atomic mass is 10.3. The van der Waals surface area contributed by atoms with Crippen molar-refractivity contribution in [1.29, 1.82) is 0 Å². The third kappa shape index (κ3) is 3.47. The van der Waals surface area contributed by atoms with Gasteiger partial charge in [-0.3, -0.25) is 15.1 Å². The number of nitro groups is 1. The number of halogens is 2. The summed E-state index contributed by atoms with van der Waals surface area (Å²) in [4.78, 5) is 13.8. The Balaban J connectivity index is 2.10. The molecule has 0 fully saturated rings. The van der Waals surface area contributed by atoms with Crippen molar-refractivity contribution in [1.82, 2.24) is 4.98 Å². The molecule has 19 heavy (non-hydrogen) atoms. The summed E-state index contributed by atoms with van der Waals surface area (Å²) in [6.45, 7) is 0.126. The van der Waals surface area contributed by atoms with E-state index in [4.69, 9.17) is 4.74 Å². The Bertz CT molecular complexity index is 622. The summed E-state index contributed by atoms with van der Waals surface area (Å²) >= 11 is 3.26. The molecule has 98 valence electrons. The fourth-order valence-electron chi connectivity index (χ4n) is 1.42. The van der Waals surface area contributed by atoms with Crippen LogP contribution in [0.5, 0.6) is 5.75 Å². The molecule has 1 aromatic carbocycles. The van der Waals surface area contributed by atoms with Gasteiger partial charge in [-0.2, -0.15) is 0 Å². The Morgan fingerprint density at radius 1 is 1.37 bits per heavy atom. The summed E-state index contributed by atoms with van der Waals surface area (Å²) in [5.74, 6) is -0.803. The smallest absolute Gasteiger partial charge is 0.272 e. The van der Waals surface area contributed by atoms with Crippen LogP contribution in [0.3, 0.4) is 0 Å². The van der Waals surface area contributed by atoms with E-state index in [0.717, 1.165) is 16.1 Å². The Morgan fingerprint density at radius 2 is 2.16 bits per heavy atom. The molecule has 2 rings (SSSR count). The second-order valence-electron chi connectivity index (χ2n) is 3.67. The minimum atomic E-state index is -0.767. The van der Waals surface area contributed by atoms with Crippen molar-refractivity contribution in [3.05, 3.63) is 62.6 Å². The van der Waals surface area contributed by atoms with Crippen molar-refractivity contribution in [2.45, 2.75) is 6.61 Å². The first-order valence-corrected chi connectivity index (χ1v) is 6.02. The zero-order valence-electron chi connectivity index (χ0n) is 9.55. The lowest BCUT2D eigenvalue weighted by molar-refractivity contribution is -0.385. The molecule has 1 aromatic heterocycles. The zero-order chi connectivity index (χ0) is 13.8. The highest BCUT2D eigenvalue weighted by molar-refractivity contribution is 9.10. The fraction of sp³-hybridized carbons (Fsp3) is 0.0833. The Hall–Kier alpha value is -2.02. The molecular weight excluding hydrogens is 319 g/mol. The molecule has 0 saturated heterocycles. The second-order valence-corrected chi connectivity index (χ2v) is 4.59. The van der Waals surface area contributed by atoms with Gasteiger partial charge in [0, 0.05) is 28.5 Å². The van der Waals surface area contributed by atoms with Gasteiger partial charge in [-0.15, -0.1) is 0 Å². The van der Waals surface area contributed by atoms with Gasteiger partial charge in [-0.25, -0.2) is 4.39 Å². The van der Waals surface area contributed by atoms with E-state index >= 15 is 0 Å². The van der Waals surface area contributed by atoms with Crippen LogP contribution in [0.15, 0.2) is 41.1 Å². The first-order chi connectivity index (χ1) is 9.06. The van der Waals surface area contributed by atoms with E-state index in [-0.39, 0.29) is 18.0 Å². The number of benzene rings is 1.